The molecule has 0 aliphatic carbocycles. The van der Waals surface area contributed by atoms with Gasteiger partial charge in [0.2, 0.25) is 0 Å². The summed E-state index contributed by atoms with van der Waals surface area (Å²) in [6, 6.07) is 16.2. The fourth-order valence-corrected chi connectivity index (χ4v) is 3.21. The van der Waals surface area contributed by atoms with Crippen molar-refractivity contribution in [3.05, 3.63) is 63.2 Å². The molecule has 1 amide bonds. The van der Waals surface area contributed by atoms with E-state index in [9.17, 15) is 4.79 Å². The fourth-order valence-electron chi connectivity index (χ4n) is 2.47. The van der Waals surface area contributed by atoms with Crippen LogP contribution >= 0.6 is 22.6 Å². The third-order valence-electron chi connectivity index (χ3n) is 3.84. The minimum absolute atomic E-state index is 0.0477. The summed E-state index contributed by atoms with van der Waals surface area (Å²) in [7, 11) is 0. The predicted molar refractivity (Wildman–Crippen MR) is 117 cm³/mol. The molecule has 5 heteroatoms. The van der Waals surface area contributed by atoms with E-state index in [0.29, 0.717) is 13.2 Å². The zero-order valence-corrected chi connectivity index (χ0v) is 18.8. The zero-order chi connectivity index (χ0) is 20.0. The van der Waals surface area contributed by atoms with Crippen molar-refractivity contribution in [2.45, 2.75) is 59.4 Å². The Morgan fingerprint density at radius 1 is 1.07 bits per heavy atom. The highest BCUT2D eigenvalue weighted by atomic mass is 127. The van der Waals surface area contributed by atoms with Gasteiger partial charge in [0.1, 0.15) is 18.0 Å². The molecule has 2 aromatic rings. The highest BCUT2D eigenvalue weighted by Gasteiger charge is 2.24. The van der Waals surface area contributed by atoms with Crippen molar-refractivity contribution in [2.24, 2.45) is 0 Å². The van der Waals surface area contributed by atoms with Crippen molar-refractivity contribution < 1.29 is 14.3 Å². The maximum Gasteiger partial charge on any atom is 0.410 e. The molecule has 0 fully saturated rings. The smallest absolute Gasteiger partial charge is 0.410 e. The van der Waals surface area contributed by atoms with Crippen LogP contribution in [0.4, 0.5) is 4.79 Å². The maximum atomic E-state index is 12.5. The van der Waals surface area contributed by atoms with Crippen LogP contribution < -0.4 is 4.74 Å². The fraction of sp³-hybridized carbons (Fsp3) is 0.409. The molecule has 0 saturated carbocycles. The number of halogens is 1. The summed E-state index contributed by atoms with van der Waals surface area (Å²) >= 11 is 2.27. The SMILES string of the molecule is CC(C)N(Cc1ccc(OCc2ccccc2)c(I)c1)C(=O)OC(C)(C)C. The standard InChI is InChI=1S/C22H28INO3/c1-16(2)24(21(25)27-22(3,4)5)14-18-11-12-20(19(23)13-18)26-15-17-9-7-6-8-10-17/h6-13,16H,14-15H2,1-5H3. The van der Waals surface area contributed by atoms with Crippen molar-refractivity contribution in [3.8, 4) is 5.75 Å². The summed E-state index contributed by atoms with van der Waals surface area (Å²) in [6.07, 6.45) is -0.295. The van der Waals surface area contributed by atoms with E-state index in [2.05, 4.69) is 28.7 Å². The van der Waals surface area contributed by atoms with Crippen molar-refractivity contribution >= 4 is 28.7 Å². The second-order valence-electron chi connectivity index (χ2n) is 7.74. The van der Waals surface area contributed by atoms with Crippen molar-refractivity contribution in [1.82, 2.24) is 4.90 Å². The van der Waals surface area contributed by atoms with E-state index in [-0.39, 0.29) is 12.1 Å². The molecular formula is C22H28INO3. The van der Waals surface area contributed by atoms with Crippen LogP contribution in [0.2, 0.25) is 0 Å². The largest absolute Gasteiger partial charge is 0.488 e. The molecule has 2 rings (SSSR count). The Morgan fingerprint density at radius 3 is 2.30 bits per heavy atom. The zero-order valence-electron chi connectivity index (χ0n) is 16.7. The number of hydrogen-bond donors (Lipinski definition) is 0. The Kier molecular flexibility index (Phi) is 7.53. The topological polar surface area (TPSA) is 38.8 Å². The van der Waals surface area contributed by atoms with E-state index >= 15 is 0 Å². The highest BCUT2D eigenvalue weighted by molar-refractivity contribution is 14.1. The molecule has 2 aromatic carbocycles. The molecular weight excluding hydrogens is 453 g/mol. The van der Waals surface area contributed by atoms with Gasteiger partial charge in [-0.05, 0) is 80.5 Å². The summed E-state index contributed by atoms with van der Waals surface area (Å²) in [5.74, 6) is 0.844. The normalized spacial score (nSPS) is 11.4. The molecule has 0 aromatic heterocycles. The number of ether oxygens (including phenoxy) is 2. The second-order valence-corrected chi connectivity index (χ2v) is 8.90. The summed E-state index contributed by atoms with van der Waals surface area (Å²) in [5, 5.41) is 0. The number of amides is 1. The first-order chi connectivity index (χ1) is 12.7. The first kappa shape index (κ1) is 21.5. The number of carbonyl (C=O) groups excluding carboxylic acids is 1. The molecule has 0 heterocycles. The molecule has 0 saturated heterocycles. The molecule has 0 N–H and O–H groups in total. The average molecular weight is 481 g/mol. The molecule has 0 unspecified atom stereocenters. The number of carbonyl (C=O) groups is 1. The first-order valence-electron chi connectivity index (χ1n) is 9.10. The van der Waals surface area contributed by atoms with Crippen LogP contribution in [0.25, 0.3) is 0 Å². The van der Waals surface area contributed by atoms with Gasteiger partial charge < -0.3 is 14.4 Å². The molecule has 4 nitrogen and oxygen atoms in total. The first-order valence-corrected chi connectivity index (χ1v) is 10.2. The Bertz CT molecular complexity index is 754. The van der Waals surface area contributed by atoms with E-state index in [1.54, 1.807) is 4.90 Å². The Hall–Kier alpha value is -1.76. The molecule has 0 radical (unpaired) electrons. The third-order valence-corrected chi connectivity index (χ3v) is 4.68. The molecule has 27 heavy (non-hydrogen) atoms. The molecule has 0 aliphatic rings. The third kappa shape index (κ3) is 7.05. The lowest BCUT2D eigenvalue weighted by atomic mass is 10.2. The van der Waals surface area contributed by atoms with E-state index in [1.807, 2.05) is 77.1 Å². The van der Waals surface area contributed by atoms with Gasteiger partial charge in [0.25, 0.3) is 0 Å². The van der Waals surface area contributed by atoms with Gasteiger partial charge in [-0.25, -0.2) is 4.79 Å². The monoisotopic (exact) mass is 481 g/mol. The molecule has 0 bridgehead atoms. The van der Waals surface area contributed by atoms with Crippen LogP contribution in [-0.2, 0) is 17.9 Å². The van der Waals surface area contributed by atoms with Crippen molar-refractivity contribution in [3.63, 3.8) is 0 Å². The van der Waals surface area contributed by atoms with Gasteiger partial charge in [0, 0.05) is 12.6 Å². The van der Waals surface area contributed by atoms with Crippen molar-refractivity contribution in [1.29, 1.82) is 0 Å². The number of rotatable bonds is 6. The summed E-state index contributed by atoms with van der Waals surface area (Å²) in [4.78, 5) is 14.2. The number of hydrogen-bond acceptors (Lipinski definition) is 3. The van der Waals surface area contributed by atoms with Gasteiger partial charge in [0.05, 0.1) is 3.57 Å². The van der Waals surface area contributed by atoms with E-state index in [4.69, 9.17) is 9.47 Å². The predicted octanol–water partition coefficient (Wildman–Crippen LogP) is 6.02. The van der Waals surface area contributed by atoms with Gasteiger partial charge >= 0.3 is 6.09 Å². The van der Waals surface area contributed by atoms with E-state index in [1.165, 1.54) is 0 Å². The van der Waals surface area contributed by atoms with E-state index < -0.39 is 5.60 Å². The van der Waals surface area contributed by atoms with Crippen LogP contribution in [0.5, 0.6) is 5.75 Å². The highest BCUT2D eigenvalue weighted by Crippen LogP contribution is 2.25. The van der Waals surface area contributed by atoms with Crippen LogP contribution in [0.15, 0.2) is 48.5 Å². The lowest BCUT2D eigenvalue weighted by Gasteiger charge is -2.30. The average Bonchev–Trinajstić information content (AvgIpc) is 2.58. The minimum atomic E-state index is -0.506. The van der Waals surface area contributed by atoms with Gasteiger partial charge in [-0.1, -0.05) is 36.4 Å². The Labute approximate surface area is 176 Å². The summed E-state index contributed by atoms with van der Waals surface area (Å²) in [5.41, 5.74) is 1.67. The molecule has 0 spiro atoms. The van der Waals surface area contributed by atoms with Crippen LogP contribution in [0.1, 0.15) is 45.7 Å². The van der Waals surface area contributed by atoms with Crippen LogP contribution in [0.3, 0.4) is 0 Å². The van der Waals surface area contributed by atoms with Gasteiger partial charge in [-0.2, -0.15) is 0 Å². The second kappa shape index (κ2) is 9.44. The number of nitrogens with zero attached hydrogens (tertiary/aromatic N) is 1. The van der Waals surface area contributed by atoms with E-state index in [0.717, 1.165) is 20.4 Å². The lowest BCUT2D eigenvalue weighted by molar-refractivity contribution is 0.0172. The van der Waals surface area contributed by atoms with Gasteiger partial charge in [0.15, 0.2) is 0 Å². The minimum Gasteiger partial charge on any atom is -0.488 e. The quantitative estimate of drug-likeness (QED) is 0.474. The Balaban J connectivity index is 2.05. The maximum absolute atomic E-state index is 12.5. The van der Waals surface area contributed by atoms with Crippen molar-refractivity contribution in [2.75, 3.05) is 0 Å². The Morgan fingerprint density at radius 2 is 1.74 bits per heavy atom. The van der Waals surface area contributed by atoms with Crippen LogP contribution in [-0.4, -0.2) is 22.6 Å². The molecule has 0 atom stereocenters. The molecule has 0 aliphatic heterocycles. The summed E-state index contributed by atoms with van der Waals surface area (Å²) < 4.78 is 12.5. The molecule has 146 valence electrons. The van der Waals surface area contributed by atoms with Gasteiger partial charge in [-0.3, -0.25) is 0 Å². The van der Waals surface area contributed by atoms with Crippen LogP contribution in [0, 0.1) is 3.57 Å². The lowest BCUT2D eigenvalue weighted by Crippen LogP contribution is -2.40. The number of benzene rings is 2. The summed E-state index contributed by atoms with van der Waals surface area (Å²) in [6.45, 7) is 10.7. The van der Waals surface area contributed by atoms with Gasteiger partial charge in [-0.15, -0.1) is 0 Å².